The van der Waals surface area contributed by atoms with Crippen molar-refractivity contribution in [3.63, 3.8) is 0 Å². The molecule has 21 heavy (non-hydrogen) atoms. The first-order valence-electron chi connectivity index (χ1n) is 6.65. The Morgan fingerprint density at radius 2 is 2.24 bits per heavy atom. The van der Waals surface area contributed by atoms with Gasteiger partial charge >= 0.3 is 0 Å². The summed E-state index contributed by atoms with van der Waals surface area (Å²) in [5.41, 5.74) is 8.42. The highest BCUT2D eigenvalue weighted by atomic mass is 16.1. The van der Waals surface area contributed by atoms with Gasteiger partial charge in [-0.25, -0.2) is 4.68 Å². The monoisotopic (exact) mass is 283 g/mol. The molecule has 6 heteroatoms. The third kappa shape index (κ3) is 3.68. The van der Waals surface area contributed by atoms with E-state index in [-0.39, 0.29) is 5.56 Å². The van der Waals surface area contributed by atoms with E-state index in [0.29, 0.717) is 30.9 Å². The van der Waals surface area contributed by atoms with Gasteiger partial charge in [-0.1, -0.05) is 6.07 Å². The molecule has 2 aromatic rings. The third-order valence-corrected chi connectivity index (χ3v) is 3.13. The second-order valence-electron chi connectivity index (χ2n) is 4.71. The summed E-state index contributed by atoms with van der Waals surface area (Å²) >= 11 is 0. The summed E-state index contributed by atoms with van der Waals surface area (Å²) in [6, 6.07) is 8.99. The van der Waals surface area contributed by atoms with E-state index < -0.39 is 0 Å². The molecular weight excluding hydrogens is 266 g/mol. The second kappa shape index (κ2) is 6.68. The first kappa shape index (κ1) is 14.8. The highest BCUT2D eigenvalue weighted by Gasteiger charge is 2.04. The number of anilines is 1. The highest BCUT2D eigenvalue weighted by Crippen LogP contribution is 2.11. The summed E-state index contributed by atoms with van der Waals surface area (Å²) in [6.45, 7) is 3.39. The lowest BCUT2D eigenvalue weighted by atomic mass is 10.1. The lowest BCUT2D eigenvalue weighted by Gasteiger charge is -2.09. The molecule has 1 aromatic carbocycles. The Morgan fingerprint density at radius 1 is 1.43 bits per heavy atom. The van der Waals surface area contributed by atoms with E-state index in [4.69, 9.17) is 11.0 Å². The summed E-state index contributed by atoms with van der Waals surface area (Å²) in [5, 5.41) is 16.0. The van der Waals surface area contributed by atoms with Crippen molar-refractivity contribution in [3.8, 4) is 6.07 Å². The molecule has 0 atom stereocenters. The molecule has 0 saturated carbocycles. The number of aryl methyl sites for hydroxylation is 1. The predicted molar refractivity (Wildman–Crippen MR) is 81.0 cm³/mol. The standard InChI is InChI=1S/C15H17N5O/c1-11-6-12(8-17)2-3-13(11)10-20-15(21)7-14(9-19-20)18-5-4-16/h2-3,6-7,9,18H,4-5,10,16H2,1H3. The van der Waals surface area contributed by atoms with Gasteiger partial charge in [0.25, 0.3) is 5.56 Å². The van der Waals surface area contributed by atoms with Crippen molar-refractivity contribution in [2.24, 2.45) is 5.73 Å². The molecule has 1 heterocycles. The van der Waals surface area contributed by atoms with E-state index in [1.807, 2.05) is 13.0 Å². The Morgan fingerprint density at radius 3 is 2.86 bits per heavy atom. The van der Waals surface area contributed by atoms with Crippen LogP contribution in [0.25, 0.3) is 0 Å². The zero-order valence-electron chi connectivity index (χ0n) is 11.8. The number of rotatable bonds is 5. The molecule has 0 aliphatic rings. The number of nitrogens with two attached hydrogens (primary N) is 1. The lowest BCUT2D eigenvalue weighted by Crippen LogP contribution is -2.24. The molecule has 0 saturated heterocycles. The number of aromatic nitrogens is 2. The fraction of sp³-hybridized carbons (Fsp3) is 0.267. The molecular formula is C15H17N5O. The van der Waals surface area contributed by atoms with Crippen LogP contribution in [0.5, 0.6) is 0 Å². The highest BCUT2D eigenvalue weighted by molar-refractivity contribution is 5.39. The Labute approximate surface area is 122 Å². The van der Waals surface area contributed by atoms with E-state index in [2.05, 4.69) is 16.5 Å². The Bertz CT molecular complexity index is 730. The molecule has 0 fully saturated rings. The van der Waals surface area contributed by atoms with Crippen molar-refractivity contribution in [1.82, 2.24) is 9.78 Å². The van der Waals surface area contributed by atoms with Crippen LogP contribution >= 0.6 is 0 Å². The first-order chi connectivity index (χ1) is 10.1. The molecule has 0 aliphatic carbocycles. The number of hydrogen-bond donors (Lipinski definition) is 2. The maximum absolute atomic E-state index is 12.0. The van der Waals surface area contributed by atoms with Crippen molar-refractivity contribution in [1.29, 1.82) is 5.26 Å². The van der Waals surface area contributed by atoms with Crippen LogP contribution in [0.3, 0.4) is 0 Å². The normalized spacial score (nSPS) is 10.1. The lowest BCUT2D eigenvalue weighted by molar-refractivity contribution is 0.637. The number of benzene rings is 1. The number of nitrogens with zero attached hydrogens (tertiary/aromatic N) is 3. The fourth-order valence-electron chi connectivity index (χ4n) is 1.97. The Balaban J connectivity index is 2.20. The molecule has 0 bridgehead atoms. The quantitative estimate of drug-likeness (QED) is 0.847. The average Bonchev–Trinajstić information content (AvgIpc) is 2.49. The SMILES string of the molecule is Cc1cc(C#N)ccc1Cn1ncc(NCCN)cc1=O. The average molecular weight is 283 g/mol. The number of nitrogens with one attached hydrogen (secondary N) is 1. The summed E-state index contributed by atoms with van der Waals surface area (Å²) < 4.78 is 1.39. The molecule has 6 nitrogen and oxygen atoms in total. The van der Waals surface area contributed by atoms with Crippen LogP contribution in [0.4, 0.5) is 5.69 Å². The molecule has 1 aromatic heterocycles. The van der Waals surface area contributed by atoms with Crippen LogP contribution in [-0.4, -0.2) is 22.9 Å². The minimum atomic E-state index is -0.180. The molecule has 108 valence electrons. The van der Waals surface area contributed by atoms with Crippen LogP contribution in [0.1, 0.15) is 16.7 Å². The van der Waals surface area contributed by atoms with Gasteiger partial charge in [-0.2, -0.15) is 10.4 Å². The molecule has 0 spiro atoms. The van der Waals surface area contributed by atoms with Gasteiger partial charge in [0.05, 0.1) is 30.1 Å². The first-order valence-corrected chi connectivity index (χ1v) is 6.65. The fourth-order valence-corrected chi connectivity index (χ4v) is 1.97. The van der Waals surface area contributed by atoms with Crippen LogP contribution in [0.15, 0.2) is 35.3 Å². The van der Waals surface area contributed by atoms with Gasteiger partial charge in [-0.15, -0.1) is 0 Å². The van der Waals surface area contributed by atoms with Gasteiger partial charge in [0, 0.05) is 19.2 Å². The zero-order valence-corrected chi connectivity index (χ0v) is 11.8. The van der Waals surface area contributed by atoms with Gasteiger partial charge in [-0.05, 0) is 30.2 Å². The van der Waals surface area contributed by atoms with Crippen LogP contribution in [0.2, 0.25) is 0 Å². The minimum absolute atomic E-state index is 0.180. The maximum atomic E-state index is 12.0. The van der Waals surface area contributed by atoms with Gasteiger partial charge < -0.3 is 11.1 Å². The number of hydrogen-bond acceptors (Lipinski definition) is 5. The summed E-state index contributed by atoms with van der Waals surface area (Å²) in [4.78, 5) is 12.0. The van der Waals surface area contributed by atoms with E-state index in [0.717, 1.165) is 11.1 Å². The molecule has 0 aliphatic heterocycles. The molecule has 0 radical (unpaired) electrons. The number of nitriles is 1. The molecule has 0 unspecified atom stereocenters. The predicted octanol–water partition coefficient (Wildman–Crippen LogP) is 0.842. The van der Waals surface area contributed by atoms with E-state index >= 15 is 0 Å². The van der Waals surface area contributed by atoms with E-state index in [1.54, 1.807) is 18.3 Å². The van der Waals surface area contributed by atoms with Crippen LogP contribution in [-0.2, 0) is 6.54 Å². The summed E-state index contributed by atoms with van der Waals surface area (Å²) in [5.74, 6) is 0. The Hall–Kier alpha value is -2.65. The minimum Gasteiger partial charge on any atom is -0.382 e. The van der Waals surface area contributed by atoms with Crippen LogP contribution < -0.4 is 16.6 Å². The van der Waals surface area contributed by atoms with Crippen LogP contribution in [0, 0.1) is 18.3 Å². The topological polar surface area (TPSA) is 96.7 Å². The van der Waals surface area contributed by atoms with Gasteiger partial charge in [0.15, 0.2) is 0 Å². The second-order valence-corrected chi connectivity index (χ2v) is 4.71. The molecule has 2 rings (SSSR count). The van der Waals surface area contributed by atoms with Gasteiger partial charge in [-0.3, -0.25) is 4.79 Å². The van der Waals surface area contributed by atoms with E-state index in [1.165, 1.54) is 10.7 Å². The largest absolute Gasteiger partial charge is 0.382 e. The van der Waals surface area contributed by atoms with E-state index in [9.17, 15) is 4.79 Å². The van der Waals surface area contributed by atoms with Crippen molar-refractivity contribution in [3.05, 3.63) is 57.5 Å². The molecule has 3 N–H and O–H groups in total. The van der Waals surface area contributed by atoms with Crippen molar-refractivity contribution in [2.45, 2.75) is 13.5 Å². The third-order valence-electron chi connectivity index (χ3n) is 3.13. The van der Waals surface area contributed by atoms with Crippen molar-refractivity contribution >= 4 is 5.69 Å². The maximum Gasteiger partial charge on any atom is 0.269 e. The van der Waals surface area contributed by atoms with Gasteiger partial charge in [0.2, 0.25) is 0 Å². The summed E-state index contributed by atoms with van der Waals surface area (Å²) in [6.07, 6.45) is 1.61. The zero-order chi connectivity index (χ0) is 15.2. The van der Waals surface area contributed by atoms with Crippen molar-refractivity contribution < 1.29 is 0 Å². The smallest absolute Gasteiger partial charge is 0.269 e. The Kier molecular flexibility index (Phi) is 4.69. The molecule has 0 amide bonds. The van der Waals surface area contributed by atoms with Gasteiger partial charge in [0.1, 0.15) is 0 Å². The summed E-state index contributed by atoms with van der Waals surface area (Å²) in [7, 11) is 0. The van der Waals surface area contributed by atoms with Crippen molar-refractivity contribution in [2.75, 3.05) is 18.4 Å².